The number of ether oxygens (including phenoxy) is 3. The van der Waals surface area contributed by atoms with Gasteiger partial charge in [0.05, 0.1) is 25.9 Å². The predicted molar refractivity (Wildman–Crippen MR) is 59.4 cm³/mol. The van der Waals surface area contributed by atoms with E-state index in [0.717, 1.165) is 52.0 Å². The van der Waals surface area contributed by atoms with Crippen molar-refractivity contribution < 1.29 is 14.2 Å². The summed E-state index contributed by atoms with van der Waals surface area (Å²) in [4.78, 5) is 0. The highest BCUT2D eigenvalue weighted by Crippen LogP contribution is 2.45. The van der Waals surface area contributed by atoms with Crippen LogP contribution >= 0.6 is 0 Å². The molecule has 0 aromatic carbocycles. The van der Waals surface area contributed by atoms with Gasteiger partial charge in [-0.3, -0.25) is 0 Å². The Kier molecular flexibility index (Phi) is 3.16. The van der Waals surface area contributed by atoms with Crippen LogP contribution in [0.15, 0.2) is 0 Å². The molecule has 0 spiro atoms. The molecule has 0 bridgehead atoms. The monoisotopic (exact) mass is 227 g/mol. The molecule has 3 rings (SSSR count). The second-order valence-corrected chi connectivity index (χ2v) is 5.18. The largest absolute Gasteiger partial charge is 0.381 e. The lowest BCUT2D eigenvalue weighted by atomic mass is 9.66. The van der Waals surface area contributed by atoms with Crippen molar-refractivity contribution in [2.75, 3.05) is 46.1 Å². The first kappa shape index (κ1) is 11.0. The maximum atomic E-state index is 5.96. The third kappa shape index (κ3) is 1.78. The van der Waals surface area contributed by atoms with Crippen LogP contribution in [0, 0.1) is 11.3 Å². The van der Waals surface area contributed by atoms with Gasteiger partial charge in [0, 0.05) is 31.7 Å². The van der Waals surface area contributed by atoms with Crippen molar-refractivity contribution in [2.24, 2.45) is 11.3 Å². The fourth-order valence-electron chi connectivity index (χ4n) is 3.23. The molecule has 3 saturated heterocycles. The molecular formula is C12H21NO3. The molecule has 16 heavy (non-hydrogen) atoms. The normalized spacial score (nSPS) is 35.6. The highest BCUT2D eigenvalue weighted by Gasteiger charge is 2.52. The van der Waals surface area contributed by atoms with Crippen LogP contribution in [0.4, 0.5) is 0 Å². The minimum atomic E-state index is 0.275. The first-order valence-electron chi connectivity index (χ1n) is 6.40. The van der Waals surface area contributed by atoms with Crippen molar-refractivity contribution >= 4 is 0 Å². The van der Waals surface area contributed by atoms with Crippen LogP contribution in [0.3, 0.4) is 0 Å². The van der Waals surface area contributed by atoms with Gasteiger partial charge >= 0.3 is 0 Å². The van der Waals surface area contributed by atoms with E-state index in [0.29, 0.717) is 6.10 Å². The summed E-state index contributed by atoms with van der Waals surface area (Å²) in [5, 5.41) is 3.44. The van der Waals surface area contributed by atoms with Crippen molar-refractivity contribution in [1.29, 1.82) is 0 Å². The van der Waals surface area contributed by atoms with E-state index in [-0.39, 0.29) is 5.41 Å². The van der Waals surface area contributed by atoms with Gasteiger partial charge < -0.3 is 19.5 Å². The number of rotatable bonds is 2. The van der Waals surface area contributed by atoms with Crippen LogP contribution in [-0.2, 0) is 14.2 Å². The standard InChI is InChI=1S/C12H21NO3/c1-4-14-5-2-10(1)12(8-15-9-12)11-7-13-3-6-16-11/h10-11,13H,1-9H2. The molecule has 1 unspecified atom stereocenters. The van der Waals surface area contributed by atoms with Gasteiger partial charge in [-0.2, -0.15) is 0 Å². The van der Waals surface area contributed by atoms with Gasteiger partial charge in [0.15, 0.2) is 0 Å². The zero-order valence-corrected chi connectivity index (χ0v) is 9.74. The van der Waals surface area contributed by atoms with Crippen LogP contribution in [0.5, 0.6) is 0 Å². The molecule has 4 nitrogen and oxygen atoms in total. The summed E-state index contributed by atoms with van der Waals surface area (Å²) in [5.41, 5.74) is 0.275. The molecule has 0 aromatic rings. The molecule has 3 heterocycles. The number of hydrogen-bond donors (Lipinski definition) is 1. The third-order valence-electron chi connectivity index (χ3n) is 4.34. The van der Waals surface area contributed by atoms with Gasteiger partial charge in [0.25, 0.3) is 0 Å². The summed E-state index contributed by atoms with van der Waals surface area (Å²) >= 11 is 0. The number of hydrogen-bond acceptors (Lipinski definition) is 4. The fourth-order valence-corrected chi connectivity index (χ4v) is 3.23. The molecule has 3 fully saturated rings. The van der Waals surface area contributed by atoms with Crippen molar-refractivity contribution in [3.63, 3.8) is 0 Å². The van der Waals surface area contributed by atoms with Gasteiger partial charge in [-0.15, -0.1) is 0 Å². The van der Waals surface area contributed by atoms with Crippen LogP contribution in [0.1, 0.15) is 12.8 Å². The van der Waals surface area contributed by atoms with E-state index in [4.69, 9.17) is 14.2 Å². The fraction of sp³-hybridized carbons (Fsp3) is 1.00. The lowest BCUT2D eigenvalue weighted by molar-refractivity contribution is -0.228. The maximum absolute atomic E-state index is 5.96. The Morgan fingerprint density at radius 3 is 2.38 bits per heavy atom. The summed E-state index contributed by atoms with van der Waals surface area (Å²) in [6, 6.07) is 0. The first-order chi connectivity index (χ1) is 7.92. The molecule has 0 radical (unpaired) electrons. The molecule has 0 amide bonds. The van der Waals surface area contributed by atoms with Crippen LogP contribution in [0.2, 0.25) is 0 Å². The minimum absolute atomic E-state index is 0.275. The van der Waals surface area contributed by atoms with E-state index in [9.17, 15) is 0 Å². The molecule has 3 aliphatic rings. The van der Waals surface area contributed by atoms with Gasteiger partial charge in [-0.25, -0.2) is 0 Å². The van der Waals surface area contributed by atoms with Crippen molar-refractivity contribution in [2.45, 2.75) is 18.9 Å². The van der Waals surface area contributed by atoms with Crippen LogP contribution in [-0.4, -0.2) is 52.2 Å². The highest BCUT2D eigenvalue weighted by atomic mass is 16.5. The quantitative estimate of drug-likeness (QED) is 0.742. The summed E-state index contributed by atoms with van der Waals surface area (Å²) in [6.07, 6.45) is 2.69. The predicted octanol–water partition coefficient (Wildman–Crippen LogP) is 0.418. The molecule has 1 atom stereocenters. The molecular weight excluding hydrogens is 206 g/mol. The molecule has 92 valence electrons. The van der Waals surface area contributed by atoms with Crippen molar-refractivity contribution in [3.8, 4) is 0 Å². The number of nitrogens with one attached hydrogen (secondary N) is 1. The first-order valence-corrected chi connectivity index (χ1v) is 6.40. The Labute approximate surface area is 96.6 Å². The van der Waals surface area contributed by atoms with E-state index in [1.54, 1.807) is 0 Å². The Morgan fingerprint density at radius 2 is 1.81 bits per heavy atom. The summed E-state index contributed by atoms with van der Waals surface area (Å²) in [6.45, 7) is 6.39. The highest BCUT2D eigenvalue weighted by molar-refractivity contribution is 5.00. The van der Waals surface area contributed by atoms with E-state index in [1.165, 1.54) is 12.8 Å². The summed E-state index contributed by atoms with van der Waals surface area (Å²) < 4.78 is 16.9. The average Bonchev–Trinajstić information content (AvgIpc) is 2.31. The van der Waals surface area contributed by atoms with Crippen LogP contribution < -0.4 is 5.32 Å². The van der Waals surface area contributed by atoms with Gasteiger partial charge in [0.1, 0.15) is 0 Å². The Morgan fingerprint density at radius 1 is 1.00 bits per heavy atom. The zero-order chi connectivity index (χ0) is 10.8. The van der Waals surface area contributed by atoms with E-state index < -0.39 is 0 Å². The topological polar surface area (TPSA) is 39.7 Å². The van der Waals surface area contributed by atoms with Gasteiger partial charge in [-0.05, 0) is 18.8 Å². The van der Waals surface area contributed by atoms with Crippen molar-refractivity contribution in [1.82, 2.24) is 5.32 Å². The van der Waals surface area contributed by atoms with Gasteiger partial charge in [0.2, 0.25) is 0 Å². The average molecular weight is 227 g/mol. The molecule has 3 aliphatic heterocycles. The summed E-state index contributed by atoms with van der Waals surface area (Å²) in [5.74, 6) is 0.722. The zero-order valence-electron chi connectivity index (χ0n) is 9.74. The van der Waals surface area contributed by atoms with Crippen LogP contribution in [0.25, 0.3) is 0 Å². The lowest BCUT2D eigenvalue weighted by Gasteiger charge is -2.53. The molecule has 4 heteroatoms. The second kappa shape index (κ2) is 4.61. The Hall–Kier alpha value is -0.160. The van der Waals surface area contributed by atoms with E-state index in [2.05, 4.69) is 5.32 Å². The SMILES string of the molecule is C1COC(C2(C3CCOCC3)COC2)CN1. The second-order valence-electron chi connectivity index (χ2n) is 5.18. The van der Waals surface area contributed by atoms with E-state index >= 15 is 0 Å². The van der Waals surface area contributed by atoms with E-state index in [1.807, 2.05) is 0 Å². The summed E-state index contributed by atoms with van der Waals surface area (Å²) in [7, 11) is 0. The number of morpholine rings is 1. The Balaban J connectivity index is 1.70. The minimum Gasteiger partial charge on any atom is -0.381 e. The third-order valence-corrected chi connectivity index (χ3v) is 4.34. The molecule has 0 aromatic heterocycles. The molecule has 0 aliphatic carbocycles. The van der Waals surface area contributed by atoms with Crippen molar-refractivity contribution in [3.05, 3.63) is 0 Å². The maximum Gasteiger partial charge on any atom is 0.0803 e. The molecule has 0 saturated carbocycles. The Bertz CT molecular complexity index is 210. The van der Waals surface area contributed by atoms with Gasteiger partial charge in [-0.1, -0.05) is 0 Å². The lowest BCUT2D eigenvalue weighted by Crippen LogP contribution is -2.62. The molecule has 1 N–H and O–H groups in total. The smallest absolute Gasteiger partial charge is 0.0803 e.